The van der Waals surface area contributed by atoms with Crippen molar-refractivity contribution in [3.05, 3.63) is 46.3 Å². The summed E-state index contributed by atoms with van der Waals surface area (Å²) in [6.45, 7) is 4.06. The summed E-state index contributed by atoms with van der Waals surface area (Å²) in [6.07, 6.45) is 1.52. The molecule has 114 valence electrons. The SMILES string of the molecule is Cc1noc(C)c1C(=O)N1CCCc2c(C(N)=O)cccc21. The second-order valence-corrected chi connectivity index (χ2v) is 5.43. The first kappa shape index (κ1) is 14.3. The predicted octanol–water partition coefficient (Wildman–Crippen LogP) is 1.98. The van der Waals surface area contributed by atoms with Crippen LogP contribution in [0.3, 0.4) is 0 Å². The second kappa shape index (κ2) is 5.29. The molecule has 2 heterocycles. The third-order valence-corrected chi connectivity index (χ3v) is 4.01. The minimum atomic E-state index is -0.469. The Bertz CT molecular complexity index is 744. The molecule has 1 aliphatic rings. The van der Waals surface area contributed by atoms with Crippen LogP contribution >= 0.6 is 0 Å². The fraction of sp³-hybridized carbons (Fsp3) is 0.312. The van der Waals surface area contributed by atoms with E-state index in [9.17, 15) is 9.59 Å². The number of rotatable bonds is 2. The van der Waals surface area contributed by atoms with Crippen molar-refractivity contribution in [3.8, 4) is 0 Å². The number of nitrogens with two attached hydrogens (primary N) is 1. The molecule has 0 saturated carbocycles. The Balaban J connectivity index is 2.08. The van der Waals surface area contributed by atoms with Crippen molar-refractivity contribution in [3.63, 3.8) is 0 Å². The molecule has 6 heteroatoms. The van der Waals surface area contributed by atoms with Gasteiger partial charge in [-0.25, -0.2) is 0 Å². The first-order valence-corrected chi connectivity index (χ1v) is 7.17. The van der Waals surface area contributed by atoms with E-state index in [1.807, 2.05) is 6.07 Å². The molecule has 22 heavy (non-hydrogen) atoms. The number of carbonyl (C=O) groups is 2. The van der Waals surface area contributed by atoms with Crippen molar-refractivity contribution in [2.45, 2.75) is 26.7 Å². The highest BCUT2D eigenvalue weighted by Crippen LogP contribution is 2.31. The van der Waals surface area contributed by atoms with Gasteiger partial charge < -0.3 is 15.2 Å². The monoisotopic (exact) mass is 299 g/mol. The van der Waals surface area contributed by atoms with E-state index in [1.165, 1.54) is 0 Å². The lowest BCUT2D eigenvalue weighted by molar-refractivity contribution is 0.0975. The maximum Gasteiger partial charge on any atom is 0.263 e. The van der Waals surface area contributed by atoms with E-state index < -0.39 is 5.91 Å². The molecule has 0 unspecified atom stereocenters. The van der Waals surface area contributed by atoms with Crippen LogP contribution in [0.1, 0.15) is 44.2 Å². The van der Waals surface area contributed by atoms with Gasteiger partial charge in [0, 0.05) is 17.8 Å². The zero-order valence-corrected chi connectivity index (χ0v) is 12.5. The van der Waals surface area contributed by atoms with E-state index in [-0.39, 0.29) is 5.91 Å². The summed E-state index contributed by atoms with van der Waals surface area (Å²) in [6, 6.07) is 5.29. The maximum absolute atomic E-state index is 12.9. The smallest absolute Gasteiger partial charge is 0.263 e. The summed E-state index contributed by atoms with van der Waals surface area (Å²) in [5.74, 6) is -0.122. The van der Waals surface area contributed by atoms with Gasteiger partial charge in [0.25, 0.3) is 5.91 Å². The largest absolute Gasteiger partial charge is 0.366 e. The second-order valence-electron chi connectivity index (χ2n) is 5.43. The van der Waals surface area contributed by atoms with E-state index in [4.69, 9.17) is 10.3 Å². The number of aromatic nitrogens is 1. The number of hydrogen-bond donors (Lipinski definition) is 1. The minimum absolute atomic E-state index is 0.154. The van der Waals surface area contributed by atoms with E-state index in [0.717, 1.165) is 24.1 Å². The van der Waals surface area contributed by atoms with Crippen molar-refractivity contribution in [1.29, 1.82) is 0 Å². The number of hydrogen-bond acceptors (Lipinski definition) is 4. The number of nitrogens with zero attached hydrogens (tertiary/aromatic N) is 2. The molecule has 0 saturated heterocycles. The first-order chi connectivity index (χ1) is 10.5. The standard InChI is InChI=1S/C16H17N3O3/c1-9-14(10(2)22-18-9)16(21)19-8-4-6-11-12(15(17)20)5-3-7-13(11)19/h3,5,7H,4,6,8H2,1-2H3,(H2,17,20). The van der Waals surface area contributed by atoms with Gasteiger partial charge in [0.2, 0.25) is 5.91 Å². The van der Waals surface area contributed by atoms with Gasteiger partial charge in [-0.05, 0) is 44.4 Å². The van der Waals surface area contributed by atoms with Crippen molar-refractivity contribution in [2.24, 2.45) is 5.73 Å². The predicted molar refractivity (Wildman–Crippen MR) is 80.9 cm³/mol. The van der Waals surface area contributed by atoms with E-state index in [2.05, 4.69) is 5.16 Å². The number of fused-ring (bicyclic) bond motifs is 1. The molecule has 6 nitrogen and oxygen atoms in total. The Morgan fingerprint density at radius 1 is 1.32 bits per heavy atom. The van der Waals surface area contributed by atoms with Crippen LogP contribution in [0.25, 0.3) is 0 Å². The number of aryl methyl sites for hydroxylation is 2. The molecular formula is C16H17N3O3. The molecule has 3 rings (SSSR count). The van der Waals surface area contributed by atoms with Gasteiger partial charge in [-0.3, -0.25) is 9.59 Å². The van der Waals surface area contributed by atoms with Crippen molar-refractivity contribution in [1.82, 2.24) is 5.16 Å². The molecule has 0 atom stereocenters. The lowest BCUT2D eigenvalue weighted by Crippen LogP contribution is -2.36. The van der Waals surface area contributed by atoms with Crippen molar-refractivity contribution >= 4 is 17.5 Å². The quantitative estimate of drug-likeness (QED) is 0.918. The van der Waals surface area contributed by atoms with Gasteiger partial charge in [0.1, 0.15) is 11.3 Å². The van der Waals surface area contributed by atoms with Gasteiger partial charge >= 0.3 is 0 Å². The molecule has 0 bridgehead atoms. The molecular weight excluding hydrogens is 282 g/mol. The van der Waals surface area contributed by atoms with Gasteiger partial charge in [-0.2, -0.15) is 0 Å². The molecule has 2 N–H and O–H groups in total. The lowest BCUT2D eigenvalue weighted by atomic mass is 9.95. The van der Waals surface area contributed by atoms with E-state index in [1.54, 1.807) is 30.9 Å². The van der Waals surface area contributed by atoms with Crippen LogP contribution in [0.2, 0.25) is 0 Å². The molecule has 2 amide bonds. The highest BCUT2D eigenvalue weighted by molar-refractivity contribution is 6.09. The average Bonchev–Trinajstić information content (AvgIpc) is 2.84. The Kier molecular flexibility index (Phi) is 3.44. The average molecular weight is 299 g/mol. The fourth-order valence-corrected chi connectivity index (χ4v) is 2.99. The zero-order chi connectivity index (χ0) is 15.9. The zero-order valence-electron chi connectivity index (χ0n) is 12.5. The summed E-state index contributed by atoms with van der Waals surface area (Å²) in [5, 5.41) is 3.84. The highest BCUT2D eigenvalue weighted by Gasteiger charge is 2.29. The lowest BCUT2D eigenvalue weighted by Gasteiger charge is -2.30. The van der Waals surface area contributed by atoms with Crippen LogP contribution in [-0.4, -0.2) is 23.5 Å². The van der Waals surface area contributed by atoms with E-state index >= 15 is 0 Å². The summed E-state index contributed by atoms with van der Waals surface area (Å²) in [4.78, 5) is 26.1. The van der Waals surface area contributed by atoms with Gasteiger partial charge in [0.15, 0.2) is 0 Å². The van der Waals surface area contributed by atoms with Crippen LogP contribution in [-0.2, 0) is 6.42 Å². The Morgan fingerprint density at radius 3 is 2.73 bits per heavy atom. The third-order valence-electron chi connectivity index (χ3n) is 4.01. The Morgan fingerprint density at radius 2 is 2.09 bits per heavy atom. The Hall–Kier alpha value is -2.63. The van der Waals surface area contributed by atoms with Crippen molar-refractivity contribution in [2.75, 3.05) is 11.4 Å². The normalized spacial score (nSPS) is 13.8. The van der Waals surface area contributed by atoms with Gasteiger partial charge in [-0.15, -0.1) is 0 Å². The molecule has 0 radical (unpaired) electrons. The molecule has 1 aliphatic heterocycles. The van der Waals surface area contributed by atoms with Crippen LogP contribution < -0.4 is 10.6 Å². The summed E-state index contributed by atoms with van der Waals surface area (Å²) < 4.78 is 5.09. The third kappa shape index (κ3) is 2.16. The number of anilines is 1. The van der Waals surface area contributed by atoms with Crippen LogP contribution in [0.4, 0.5) is 5.69 Å². The molecule has 0 fully saturated rings. The molecule has 2 aromatic rings. The molecule has 1 aromatic carbocycles. The van der Waals surface area contributed by atoms with Crippen LogP contribution in [0, 0.1) is 13.8 Å². The van der Waals surface area contributed by atoms with Gasteiger partial charge in [-0.1, -0.05) is 11.2 Å². The number of benzene rings is 1. The molecule has 0 spiro atoms. The highest BCUT2D eigenvalue weighted by atomic mass is 16.5. The van der Waals surface area contributed by atoms with E-state index in [0.29, 0.717) is 29.1 Å². The van der Waals surface area contributed by atoms with Crippen molar-refractivity contribution < 1.29 is 14.1 Å². The number of primary amides is 1. The topological polar surface area (TPSA) is 89.4 Å². The van der Waals surface area contributed by atoms with Crippen LogP contribution in [0.15, 0.2) is 22.7 Å². The number of amides is 2. The molecule has 0 aliphatic carbocycles. The minimum Gasteiger partial charge on any atom is -0.366 e. The van der Waals surface area contributed by atoms with Crippen LogP contribution in [0.5, 0.6) is 0 Å². The summed E-state index contributed by atoms with van der Waals surface area (Å²) >= 11 is 0. The number of carbonyl (C=O) groups excluding carboxylic acids is 2. The first-order valence-electron chi connectivity index (χ1n) is 7.17. The summed E-state index contributed by atoms with van der Waals surface area (Å²) in [5.41, 5.74) is 8.55. The fourth-order valence-electron chi connectivity index (χ4n) is 2.99. The Labute approximate surface area is 127 Å². The summed E-state index contributed by atoms with van der Waals surface area (Å²) in [7, 11) is 0. The van der Waals surface area contributed by atoms with Gasteiger partial charge in [0.05, 0.1) is 5.69 Å². The maximum atomic E-state index is 12.9. The molecule has 1 aromatic heterocycles.